The number of hydrogen-bond donors (Lipinski definition) is 1. The Morgan fingerprint density at radius 1 is 1.29 bits per heavy atom. The molecule has 1 saturated carbocycles. The van der Waals surface area contributed by atoms with Crippen molar-refractivity contribution in [1.82, 2.24) is 25.1 Å². The van der Waals surface area contributed by atoms with Gasteiger partial charge in [-0.1, -0.05) is 12.8 Å². The predicted molar refractivity (Wildman–Crippen MR) is 94.3 cm³/mol. The minimum atomic E-state index is 0.168. The molecule has 8 heteroatoms. The number of carbonyl (C=O) groups excluding carboxylic acids is 1. The van der Waals surface area contributed by atoms with Crippen LogP contribution in [0.15, 0.2) is 18.5 Å². The van der Waals surface area contributed by atoms with Gasteiger partial charge in [0, 0.05) is 24.4 Å². The van der Waals surface area contributed by atoms with Gasteiger partial charge in [0.15, 0.2) is 5.65 Å². The van der Waals surface area contributed by atoms with E-state index in [0.29, 0.717) is 11.0 Å². The first-order valence-electron chi connectivity index (χ1n) is 8.61. The SMILES string of the molecule is O=C(CSC1CCCC1)NC1CCN(c2ccc3nncn3n2)C1. The Morgan fingerprint density at radius 3 is 3.04 bits per heavy atom. The summed E-state index contributed by atoms with van der Waals surface area (Å²) in [6.07, 6.45) is 7.75. The van der Waals surface area contributed by atoms with Gasteiger partial charge in [-0.15, -0.1) is 27.1 Å². The van der Waals surface area contributed by atoms with Crippen molar-refractivity contribution in [2.24, 2.45) is 0 Å². The molecule has 1 amide bonds. The lowest BCUT2D eigenvalue weighted by Gasteiger charge is -2.18. The maximum Gasteiger partial charge on any atom is 0.230 e. The lowest BCUT2D eigenvalue weighted by atomic mass is 10.2. The second kappa shape index (κ2) is 6.96. The number of hydrogen-bond acceptors (Lipinski definition) is 6. The zero-order chi connectivity index (χ0) is 16.4. The fraction of sp³-hybridized carbons (Fsp3) is 0.625. The molecule has 1 atom stereocenters. The van der Waals surface area contributed by atoms with Gasteiger partial charge in [-0.05, 0) is 31.4 Å². The molecular formula is C16H22N6OS. The largest absolute Gasteiger partial charge is 0.353 e. The molecule has 4 rings (SSSR count). The Kier molecular flexibility index (Phi) is 4.55. The smallest absolute Gasteiger partial charge is 0.230 e. The summed E-state index contributed by atoms with van der Waals surface area (Å²) in [6, 6.07) is 4.09. The molecule has 2 aliphatic rings. The highest BCUT2D eigenvalue weighted by Gasteiger charge is 2.25. The fourth-order valence-corrected chi connectivity index (χ4v) is 4.63. The van der Waals surface area contributed by atoms with Crippen LogP contribution in [0.2, 0.25) is 0 Å². The molecule has 0 spiro atoms. The second-order valence-electron chi connectivity index (χ2n) is 6.54. The first-order valence-corrected chi connectivity index (χ1v) is 9.66. The number of fused-ring (bicyclic) bond motifs is 1. The van der Waals surface area contributed by atoms with E-state index in [4.69, 9.17) is 0 Å². The molecule has 1 aliphatic heterocycles. The fourth-order valence-electron chi connectivity index (χ4n) is 3.49. The van der Waals surface area contributed by atoms with Crippen LogP contribution in [0.1, 0.15) is 32.1 Å². The predicted octanol–water partition coefficient (Wildman–Crippen LogP) is 1.49. The van der Waals surface area contributed by atoms with Gasteiger partial charge in [-0.3, -0.25) is 4.79 Å². The molecule has 1 saturated heterocycles. The van der Waals surface area contributed by atoms with Gasteiger partial charge in [0.05, 0.1) is 5.75 Å². The van der Waals surface area contributed by atoms with Gasteiger partial charge >= 0.3 is 0 Å². The summed E-state index contributed by atoms with van der Waals surface area (Å²) >= 11 is 1.82. The lowest BCUT2D eigenvalue weighted by Crippen LogP contribution is -2.38. The van der Waals surface area contributed by atoms with E-state index >= 15 is 0 Å². The van der Waals surface area contributed by atoms with E-state index in [1.807, 2.05) is 23.9 Å². The number of rotatable bonds is 5. The number of aromatic nitrogens is 4. The molecule has 128 valence electrons. The average Bonchev–Trinajstić information content (AvgIpc) is 3.33. The van der Waals surface area contributed by atoms with Gasteiger partial charge in [0.25, 0.3) is 0 Å². The van der Waals surface area contributed by atoms with Gasteiger partial charge in [0.1, 0.15) is 12.1 Å². The highest BCUT2D eigenvalue weighted by atomic mass is 32.2. The summed E-state index contributed by atoms with van der Waals surface area (Å²) in [6.45, 7) is 1.71. The maximum atomic E-state index is 12.2. The van der Waals surface area contributed by atoms with E-state index < -0.39 is 0 Å². The van der Waals surface area contributed by atoms with E-state index in [-0.39, 0.29) is 11.9 Å². The highest BCUT2D eigenvalue weighted by molar-refractivity contribution is 8.00. The van der Waals surface area contributed by atoms with Gasteiger partial charge in [-0.25, -0.2) is 0 Å². The summed E-state index contributed by atoms with van der Waals surface area (Å²) in [7, 11) is 0. The standard InChI is InChI=1S/C16H22N6OS/c23-16(10-24-13-3-1-2-4-13)18-12-7-8-21(9-12)15-6-5-14-19-17-11-22(14)20-15/h5-6,11-13H,1-4,7-10H2,(H,18,23). The Bertz CT molecular complexity index is 713. The van der Waals surface area contributed by atoms with Crippen molar-refractivity contribution >= 4 is 29.1 Å². The zero-order valence-corrected chi connectivity index (χ0v) is 14.4. The second-order valence-corrected chi connectivity index (χ2v) is 7.83. The molecule has 2 aromatic rings. The third-order valence-corrected chi connectivity index (χ3v) is 6.15. The molecule has 2 fully saturated rings. The van der Waals surface area contributed by atoms with Crippen molar-refractivity contribution in [2.45, 2.75) is 43.4 Å². The molecule has 7 nitrogen and oxygen atoms in total. The van der Waals surface area contributed by atoms with Crippen molar-refractivity contribution in [2.75, 3.05) is 23.7 Å². The number of nitrogens with one attached hydrogen (secondary N) is 1. The number of amides is 1. The summed E-state index contributed by atoms with van der Waals surface area (Å²) in [5.74, 6) is 1.66. The van der Waals surface area contributed by atoms with Crippen LogP contribution in [-0.2, 0) is 4.79 Å². The summed E-state index contributed by atoms with van der Waals surface area (Å²) in [5, 5.41) is 16.2. The van der Waals surface area contributed by atoms with Crippen LogP contribution in [-0.4, -0.2) is 55.9 Å². The highest BCUT2D eigenvalue weighted by Crippen LogP contribution is 2.29. The molecule has 24 heavy (non-hydrogen) atoms. The lowest BCUT2D eigenvalue weighted by molar-refractivity contribution is -0.119. The minimum absolute atomic E-state index is 0.168. The molecule has 0 radical (unpaired) electrons. The summed E-state index contributed by atoms with van der Waals surface area (Å²) in [4.78, 5) is 14.4. The van der Waals surface area contributed by atoms with Crippen LogP contribution in [0.3, 0.4) is 0 Å². The molecule has 0 aromatic carbocycles. The van der Waals surface area contributed by atoms with Crippen LogP contribution in [0.5, 0.6) is 0 Å². The van der Waals surface area contributed by atoms with Crippen molar-refractivity contribution < 1.29 is 4.79 Å². The van der Waals surface area contributed by atoms with E-state index in [9.17, 15) is 4.79 Å². The van der Waals surface area contributed by atoms with Gasteiger partial charge in [-0.2, -0.15) is 4.52 Å². The summed E-state index contributed by atoms with van der Waals surface area (Å²) in [5.41, 5.74) is 0.742. The normalized spacial score (nSPS) is 21.7. The van der Waals surface area contributed by atoms with Crippen LogP contribution < -0.4 is 10.2 Å². The average molecular weight is 346 g/mol. The Balaban J connectivity index is 1.28. The van der Waals surface area contributed by atoms with Crippen molar-refractivity contribution in [1.29, 1.82) is 0 Å². The van der Waals surface area contributed by atoms with Gasteiger partial charge in [0.2, 0.25) is 5.91 Å². The number of thioether (sulfide) groups is 1. The van der Waals surface area contributed by atoms with Gasteiger partial charge < -0.3 is 10.2 Å². The third kappa shape index (κ3) is 3.48. The van der Waals surface area contributed by atoms with Crippen molar-refractivity contribution in [3.63, 3.8) is 0 Å². The van der Waals surface area contributed by atoms with Crippen LogP contribution >= 0.6 is 11.8 Å². The van der Waals surface area contributed by atoms with E-state index in [1.165, 1.54) is 25.7 Å². The maximum absolute atomic E-state index is 12.2. The number of carbonyl (C=O) groups is 1. The third-order valence-electron chi connectivity index (χ3n) is 4.78. The van der Waals surface area contributed by atoms with Crippen LogP contribution in [0, 0.1) is 0 Å². The molecular weight excluding hydrogens is 324 g/mol. The van der Waals surface area contributed by atoms with Crippen LogP contribution in [0.4, 0.5) is 5.82 Å². The number of anilines is 1. The summed E-state index contributed by atoms with van der Waals surface area (Å²) < 4.78 is 1.68. The van der Waals surface area contributed by atoms with E-state index in [1.54, 1.807) is 10.8 Å². The topological polar surface area (TPSA) is 75.4 Å². The van der Waals surface area contributed by atoms with Crippen molar-refractivity contribution in [3.05, 3.63) is 18.5 Å². The Hall–Kier alpha value is -1.83. The monoisotopic (exact) mass is 346 g/mol. The molecule has 1 unspecified atom stereocenters. The Morgan fingerprint density at radius 2 is 2.17 bits per heavy atom. The number of nitrogens with zero attached hydrogens (tertiary/aromatic N) is 5. The molecule has 0 bridgehead atoms. The molecule has 3 heterocycles. The van der Waals surface area contributed by atoms with E-state index in [0.717, 1.165) is 31.0 Å². The Labute approximate surface area is 145 Å². The van der Waals surface area contributed by atoms with Crippen molar-refractivity contribution in [3.8, 4) is 0 Å². The van der Waals surface area contributed by atoms with Crippen LogP contribution in [0.25, 0.3) is 5.65 Å². The molecule has 2 aromatic heterocycles. The minimum Gasteiger partial charge on any atom is -0.353 e. The first kappa shape index (κ1) is 15.7. The van der Waals surface area contributed by atoms with E-state index in [2.05, 4.69) is 25.5 Å². The molecule has 1 N–H and O–H groups in total. The zero-order valence-electron chi connectivity index (χ0n) is 13.6. The quantitative estimate of drug-likeness (QED) is 0.884. The molecule has 1 aliphatic carbocycles. The first-order chi connectivity index (χ1) is 11.8.